The van der Waals surface area contributed by atoms with Crippen molar-refractivity contribution in [1.82, 2.24) is 9.97 Å². The fourth-order valence-electron chi connectivity index (χ4n) is 4.44. The second kappa shape index (κ2) is 11.1. The Balaban J connectivity index is 1.75. The van der Waals surface area contributed by atoms with Crippen molar-refractivity contribution in [3.8, 4) is 33.8 Å². The van der Waals surface area contributed by atoms with Crippen molar-refractivity contribution in [2.75, 3.05) is 0 Å². The third-order valence-corrected chi connectivity index (χ3v) is 8.46. The first-order valence-corrected chi connectivity index (χ1v) is 16.2. The largest absolute Gasteiger partial charge is 0.380 e. The van der Waals surface area contributed by atoms with Crippen molar-refractivity contribution in [3.05, 3.63) is 73.1 Å². The molecule has 5 rings (SSSR count). The zero-order chi connectivity index (χ0) is 30.4. The first-order valence-electron chi connectivity index (χ1n) is 11.2. The van der Waals surface area contributed by atoms with E-state index in [1.807, 2.05) is 0 Å². The molecule has 0 aliphatic rings. The molecule has 0 saturated carbocycles. The molecule has 2 unspecified atom stereocenters. The van der Waals surface area contributed by atoms with E-state index in [0.29, 0.717) is 10.8 Å². The van der Waals surface area contributed by atoms with Gasteiger partial charge < -0.3 is 8.37 Å². The monoisotopic (exact) mass is 652 g/mol. The minimum absolute atomic E-state index is 0.0157. The highest BCUT2D eigenvalue weighted by Gasteiger charge is 2.23. The summed E-state index contributed by atoms with van der Waals surface area (Å²) in [5, 5.41) is 0.756. The van der Waals surface area contributed by atoms with Crippen LogP contribution in [0.4, 0.5) is 0 Å². The molecule has 0 aliphatic carbocycles. The fraction of sp³-hybridized carbons (Fsp3) is 0. The Bertz CT molecular complexity index is 2020. The van der Waals surface area contributed by atoms with Crippen molar-refractivity contribution < 1.29 is 51.8 Å². The number of fused-ring (bicyclic) bond motifs is 3. The summed E-state index contributed by atoms with van der Waals surface area (Å²) in [5.41, 5.74) is 1.12. The van der Waals surface area contributed by atoms with Crippen LogP contribution >= 0.6 is 0 Å². The molecule has 0 fully saturated rings. The molecular formula is C24H16N2O12S4. The molecule has 2 heterocycles. The Hall–Kier alpha value is -3.88. The summed E-state index contributed by atoms with van der Waals surface area (Å²) < 4.78 is 118. The molecule has 2 aromatic heterocycles. The van der Waals surface area contributed by atoms with Gasteiger partial charge in [-0.2, -0.15) is 25.3 Å². The van der Waals surface area contributed by atoms with Crippen LogP contribution in [0.1, 0.15) is 0 Å². The van der Waals surface area contributed by atoms with E-state index in [-0.39, 0.29) is 44.8 Å². The second-order valence-corrected chi connectivity index (χ2v) is 12.4. The number of rotatable bonds is 8. The quantitative estimate of drug-likeness (QED) is 0.107. The van der Waals surface area contributed by atoms with Crippen molar-refractivity contribution in [2.24, 2.45) is 0 Å². The molecule has 42 heavy (non-hydrogen) atoms. The summed E-state index contributed by atoms with van der Waals surface area (Å²) >= 11 is -5.50. The predicted molar refractivity (Wildman–Crippen MR) is 150 cm³/mol. The average molecular weight is 653 g/mol. The second-order valence-electron chi connectivity index (χ2n) is 8.44. The molecule has 0 aliphatic heterocycles. The lowest BCUT2D eigenvalue weighted by atomic mass is 9.96. The minimum Gasteiger partial charge on any atom is -0.380 e. The lowest BCUT2D eigenvalue weighted by Crippen LogP contribution is -2.04. The Morgan fingerprint density at radius 2 is 0.952 bits per heavy atom. The van der Waals surface area contributed by atoms with E-state index < -0.39 is 52.7 Å². The SMILES string of the molecule is O=S(O)Oc1ccc(-c2ccnc3c2ccc2c(-c4ccc(OS(=O)O)cc4S(=O)(=O)O)ccnc23)c(S(=O)(=O)O)c1. The molecule has 0 spiro atoms. The molecule has 0 bridgehead atoms. The Kier molecular flexibility index (Phi) is 7.81. The molecule has 0 radical (unpaired) electrons. The van der Waals surface area contributed by atoms with Gasteiger partial charge in [-0.05, 0) is 47.5 Å². The highest BCUT2D eigenvalue weighted by molar-refractivity contribution is 7.86. The number of hydrogen-bond acceptors (Lipinski definition) is 10. The van der Waals surface area contributed by atoms with Gasteiger partial charge >= 0.3 is 22.7 Å². The number of hydrogen-bond donors (Lipinski definition) is 4. The van der Waals surface area contributed by atoms with Gasteiger partial charge in [0, 0.05) is 46.4 Å². The van der Waals surface area contributed by atoms with Gasteiger partial charge in [-0.1, -0.05) is 12.1 Å². The molecule has 0 amide bonds. The molecule has 14 nitrogen and oxygen atoms in total. The maximum absolute atomic E-state index is 12.2. The topological polar surface area (TPSA) is 228 Å². The van der Waals surface area contributed by atoms with Gasteiger partial charge in [0.05, 0.1) is 11.0 Å². The lowest BCUT2D eigenvalue weighted by Gasteiger charge is -2.14. The van der Waals surface area contributed by atoms with Gasteiger partial charge in [-0.25, -0.2) is 0 Å². The van der Waals surface area contributed by atoms with Crippen LogP contribution in [-0.2, 0) is 43.0 Å². The Morgan fingerprint density at radius 3 is 1.29 bits per heavy atom. The van der Waals surface area contributed by atoms with Gasteiger partial charge in [0.1, 0.15) is 21.3 Å². The minimum atomic E-state index is -4.85. The Labute approximate surface area is 242 Å². The predicted octanol–water partition coefficient (Wildman–Crippen LogP) is 3.64. The first-order chi connectivity index (χ1) is 19.7. The van der Waals surface area contributed by atoms with Crippen molar-refractivity contribution in [1.29, 1.82) is 0 Å². The van der Waals surface area contributed by atoms with Crippen LogP contribution in [0.2, 0.25) is 0 Å². The van der Waals surface area contributed by atoms with Gasteiger partial charge in [-0.3, -0.25) is 28.2 Å². The van der Waals surface area contributed by atoms with Crippen LogP contribution in [0.3, 0.4) is 0 Å². The van der Waals surface area contributed by atoms with E-state index in [0.717, 1.165) is 12.1 Å². The molecule has 2 atom stereocenters. The summed E-state index contributed by atoms with van der Waals surface area (Å²) in [6.45, 7) is 0. The number of aromatic nitrogens is 2. The fourth-order valence-corrected chi connectivity index (χ4v) is 6.42. The molecule has 0 saturated heterocycles. The Morgan fingerprint density at radius 1 is 0.571 bits per heavy atom. The zero-order valence-corrected chi connectivity index (χ0v) is 23.8. The molecule has 218 valence electrons. The van der Waals surface area contributed by atoms with Gasteiger partial charge in [-0.15, -0.1) is 0 Å². The molecule has 4 N–H and O–H groups in total. The van der Waals surface area contributed by atoms with Crippen molar-refractivity contribution >= 4 is 64.8 Å². The van der Waals surface area contributed by atoms with Crippen molar-refractivity contribution in [3.63, 3.8) is 0 Å². The smallest absolute Gasteiger partial charge is 0.357 e. The van der Waals surface area contributed by atoms with Gasteiger partial charge in [0.2, 0.25) is 0 Å². The van der Waals surface area contributed by atoms with E-state index in [1.54, 1.807) is 12.1 Å². The third kappa shape index (κ3) is 5.87. The third-order valence-electron chi connectivity index (χ3n) is 6.00. The van der Waals surface area contributed by atoms with E-state index >= 15 is 0 Å². The standard InChI is InChI=1S/C24H16N2O12S4/c27-39(28)37-13-1-3-17(21(11-13)41(31,32)33)15-7-9-25-23-19(15)5-6-20-16(8-10-26-24(20)23)18-4-2-14(38-40(29)30)12-22(18)42(34,35)36/h1-12H,(H,27,28)(H,29,30)(H,31,32,33)(H,34,35,36). The van der Waals surface area contributed by atoms with Crippen LogP contribution in [0, 0.1) is 0 Å². The van der Waals surface area contributed by atoms with E-state index in [2.05, 4.69) is 18.3 Å². The number of nitrogens with zero attached hydrogens (tertiary/aromatic N) is 2. The van der Waals surface area contributed by atoms with Gasteiger partial charge in [0.25, 0.3) is 20.2 Å². The highest BCUT2D eigenvalue weighted by Crippen LogP contribution is 2.40. The molecular weight excluding hydrogens is 637 g/mol. The van der Waals surface area contributed by atoms with Crippen LogP contribution in [-0.4, -0.2) is 53.4 Å². The lowest BCUT2D eigenvalue weighted by molar-refractivity contribution is 0.454. The summed E-state index contributed by atoms with van der Waals surface area (Å²) in [5.74, 6) is -0.586. The molecule has 3 aromatic carbocycles. The van der Waals surface area contributed by atoms with Crippen LogP contribution < -0.4 is 8.37 Å². The summed E-state index contributed by atoms with van der Waals surface area (Å²) in [6.07, 6.45) is 2.72. The van der Waals surface area contributed by atoms with Crippen LogP contribution in [0.5, 0.6) is 11.5 Å². The molecule has 18 heteroatoms. The normalized spacial score (nSPS) is 13.6. The summed E-state index contributed by atoms with van der Waals surface area (Å²) in [4.78, 5) is 7.54. The average Bonchev–Trinajstić information content (AvgIpc) is 2.90. The van der Waals surface area contributed by atoms with Crippen LogP contribution in [0.25, 0.3) is 44.1 Å². The molecule has 5 aromatic rings. The highest BCUT2D eigenvalue weighted by atomic mass is 32.2. The van der Waals surface area contributed by atoms with Crippen LogP contribution in [0.15, 0.2) is 82.8 Å². The first kappa shape index (κ1) is 29.6. The number of pyridine rings is 2. The van der Waals surface area contributed by atoms with Gasteiger partial charge in [0.15, 0.2) is 0 Å². The summed E-state index contributed by atoms with van der Waals surface area (Å²) in [7, 11) is -9.69. The van der Waals surface area contributed by atoms with E-state index in [9.17, 15) is 34.4 Å². The summed E-state index contributed by atoms with van der Waals surface area (Å²) in [6, 6.07) is 12.9. The van der Waals surface area contributed by atoms with Crippen molar-refractivity contribution in [2.45, 2.75) is 9.79 Å². The van der Waals surface area contributed by atoms with E-state index in [1.165, 1.54) is 48.8 Å². The maximum Gasteiger partial charge on any atom is 0.357 e. The van der Waals surface area contributed by atoms with E-state index in [4.69, 9.17) is 9.11 Å². The zero-order valence-electron chi connectivity index (χ0n) is 20.5. The number of benzene rings is 3. The maximum atomic E-state index is 12.2.